The third-order valence-electron chi connectivity index (χ3n) is 3.67. The monoisotopic (exact) mass is 421 g/mol. The number of carbonyl (C=O) groups is 2. The highest BCUT2D eigenvalue weighted by atomic mass is 35.5. The van der Waals surface area contributed by atoms with Gasteiger partial charge in [-0.3, -0.25) is 9.59 Å². The van der Waals surface area contributed by atoms with E-state index in [0.717, 1.165) is 12.8 Å². The molecule has 0 atom stereocenters. The lowest BCUT2D eigenvalue weighted by molar-refractivity contribution is -0.120. The zero-order valence-corrected chi connectivity index (χ0v) is 16.9. The number of hydrazone groups is 1. The number of nitrogens with zero attached hydrogens (tertiary/aromatic N) is 1. The van der Waals surface area contributed by atoms with Gasteiger partial charge in [0.05, 0.1) is 29.4 Å². The van der Waals surface area contributed by atoms with Crippen molar-refractivity contribution in [1.29, 1.82) is 0 Å². The molecule has 148 valence electrons. The lowest BCUT2D eigenvalue weighted by Gasteiger charge is -2.07. The van der Waals surface area contributed by atoms with Crippen molar-refractivity contribution in [1.82, 2.24) is 10.7 Å². The second kappa shape index (κ2) is 11.3. The summed E-state index contributed by atoms with van der Waals surface area (Å²) in [7, 11) is 0. The predicted octanol–water partition coefficient (Wildman–Crippen LogP) is 4.05. The van der Waals surface area contributed by atoms with Crippen LogP contribution < -0.4 is 15.5 Å². The Bertz CT molecular complexity index is 839. The van der Waals surface area contributed by atoms with Gasteiger partial charge in [-0.1, -0.05) is 48.7 Å². The fourth-order valence-electron chi connectivity index (χ4n) is 2.13. The lowest BCUT2D eigenvalue weighted by atomic mass is 10.2. The van der Waals surface area contributed by atoms with Gasteiger partial charge in [0.2, 0.25) is 0 Å². The van der Waals surface area contributed by atoms with Crippen molar-refractivity contribution >= 4 is 41.2 Å². The van der Waals surface area contributed by atoms with Gasteiger partial charge in [-0.05, 0) is 36.8 Å². The first kappa shape index (κ1) is 21.7. The first-order valence-electron chi connectivity index (χ1n) is 8.78. The second-order valence-corrected chi connectivity index (χ2v) is 6.63. The molecule has 28 heavy (non-hydrogen) atoms. The van der Waals surface area contributed by atoms with E-state index in [1.807, 2.05) is 0 Å². The van der Waals surface area contributed by atoms with E-state index in [-0.39, 0.29) is 12.5 Å². The van der Waals surface area contributed by atoms with Crippen LogP contribution in [0.4, 0.5) is 0 Å². The van der Waals surface area contributed by atoms with Crippen LogP contribution in [0.5, 0.6) is 5.75 Å². The molecule has 0 radical (unpaired) electrons. The second-order valence-electron chi connectivity index (χ2n) is 5.85. The molecule has 6 nitrogen and oxygen atoms in total. The van der Waals surface area contributed by atoms with Crippen LogP contribution in [0, 0.1) is 0 Å². The first-order chi connectivity index (χ1) is 13.5. The molecule has 0 saturated carbocycles. The Morgan fingerprint density at radius 3 is 2.61 bits per heavy atom. The number of amides is 2. The molecule has 0 unspecified atom stereocenters. The molecule has 0 aliphatic heterocycles. The number of carbonyl (C=O) groups excluding carboxylic acids is 2. The van der Waals surface area contributed by atoms with Crippen LogP contribution in [0.3, 0.4) is 0 Å². The van der Waals surface area contributed by atoms with Gasteiger partial charge in [-0.15, -0.1) is 0 Å². The summed E-state index contributed by atoms with van der Waals surface area (Å²) in [5.41, 5.74) is 3.32. The maximum Gasteiger partial charge on any atom is 0.259 e. The van der Waals surface area contributed by atoms with E-state index in [0.29, 0.717) is 33.5 Å². The van der Waals surface area contributed by atoms with Crippen molar-refractivity contribution < 1.29 is 14.3 Å². The fourth-order valence-corrected chi connectivity index (χ4v) is 2.49. The van der Waals surface area contributed by atoms with Crippen molar-refractivity contribution in [3.8, 4) is 5.75 Å². The molecule has 2 aromatic carbocycles. The highest BCUT2D eigenvalue weighted by Gasteiger charge is 2.08. The average molecular weight is 422 g/mol. The van der Waals surface area contributed by atoms with Crippen LogP contribution >= 0.6 is 23.2 Å². The molecule has 2 rings (SSSR count). The van der Waals surface area contributed by atoms with Crippen molar-refractivity contribution in [2.24, 2.45) is 5.10 Å². The SMILES string of the molecule is CCCCOc1ccc(C(=O)NCC(=O)NN=Cc2cccc(Cl)c2Cl)cc1. The number of ether oxygens (including phenoxy) is 1. The van der Waals surface area contributed by atoms with Gasteiger partial charge < -0.3 is 10.1 Å². The number of benzene rings is 2. The molecule has 0 aliphatic rings. The van der Waals surface area contributed by atoms with Crippen LogP contribution in [-0.2, 0) is 4.79 Å². The average Bonchev–Trinajstić information content (AvgIpc) is 2.70. The van der Waals surface area contributed by atoms with Gasteiger partial charge in [0.15, 0.2) is 0 Å². The summed E-state index contributed by atoms with van der Waals surface area (Å²) in [6.07, 6.45) is 3.41. The third-order valence-corrected chi connectivity index (χ3v) is 4.50. The normalized spacial score (nSPS) is 10.7. The van der Waals surface area contributed by atoms with Crippen LogP contribution in [0.15, 0.2) is 47.6 Å². The van der Waals surface area contributed by atoms with Gasteiger partial charge in [0.25, 0.3) is 11.8 Å². The zero-order chi connectivity index (χ0) is 20.4. The highest BCUT2D eigenvalue weighted by Crippen LogP contribution is 2.24. The highest BCUT2D eigenvalue weighted by molar-refractivity contribution is 6.43. The number of halogens is 2. The van der Waals surface area contributed by atoms with Crippen molar-refractivity contribution in [3.63, 3.8) is 0 Å². The molecule has 0 aromatic heterocycles. The van der Waals surface area contributed by atoms with Crippen molar-refractivity contribution in [3.05, 3.63) is 63.6 Å². The summed E-state index contributed by atoms with van der Waals surface area (Å²) in [5.74, 6) is -0.129. The molecule has 2 N–H and O–H groups in total. The molecule has 0 heterocycles. The first-order valence-corrected chi connectivity index (χ1v) is 9.54. The van der Waals surface area contributed by atoms with Gasteiger partial charge in [0.1, 0.15) is 5.75 Å². The molecule has 2 amide bonds. The smallest absolute Gasteiger partial charge is 0.259 e. The Labute approximate surface area is 173 Å². The minimum absolute atomic E-state index is 0.214. The molecule has 0 spiro atoms. The van der Waals surface area contributed by atoms with E-state index in [1.54, 1.807) is 42.5 Å². The fraction of sp³-hybridized carbons (Fsp3) is 0.250. The maximum atomic E-state index is 12.1. The van der Waals surface area contributed by atoms with E-state index in [4.69, 9.17) is 27.9 Å². The van der Waals surface area contributed by atoms with Gasteiger partial charge in [0, 0.05) is 11.1 Å². The molecule has 2 aromatic rings. The molecule has 0 saturated heterocycles. The number of rotatable bonds is 9. The standard InChI is InChI=1S/C20H21Cl2N3O3/c1-2-3-11-28-16-9-7-14(8-10-16)20(27)23-13-18(26)25-24-12-15-5-4-6-17(21)19(15)22/h4-10,12H,2-3,11,13H2,1H3,(H,23,27)(H,25,26). The van der Waals surface area contributed by atoms with Crippen molar-refractivity contribution in [2.75, 3.05) is 13.2 Å². The number of hydrogen-bond acceptors (Lipinski definition) is 4. The van der Waals surface area contributed by atoms with E-state index in [9.17, 15) is 9.59 Å². The summed E-state index contributed by atoms with van der Waals surface area (Å²) in [5, 5.41) is 7.07. The Kier molecular flexibility index (Phi) is 8.78. The van der Waals surface area contributed by atoms with Crippen LogP contribution in [-0.4, -0.2) is 31.2 Å². The molecule has 8 heteroatoms. The molecule has 0 aliphatic carbocycles. The third kappa shape index (κ3) is 6.87. The van der Waals surface area contributed by atoms with E-state index in [2.05, 4.69) is 22.8 Å². The molecular formula is C20H21Cl2N3O3. The van der Waals surface area contributed by atoms with Crippen molar-refractivity contribution in [2.45, 2.75) is 19.8 Å². The van der Waals surface area contributed by atoms with Gasteiger partial charge in [-0.25, -0.2) is 5.43 Å². The summed E-state index contributed by atoms with van der Waals surface area (Å²) in [6.45, 7) is 2.52. The Morgan fingerprint density at radius 2 is 1.89 bits per heavy atom. The number of unbranched alkanes of at least 4 members (excludes halogenated alkanes) is 1. The summed E-state index contributed by atoms with van der Waals surface area (Å²) in [4.78, 5) is 23.9. The van der Waals surface area contributed by atoms with Crippen LogP contribution in [0.25, 0.3) is 0 Å². The predicted molar refractivity (Wildman–Crippen MR) is 111 cm³/mol. The Hall–Kier alpha value is -2.57. The van der Waals surface area contributed by atoms with E-state index in [1.165, 1.54) is 6.21 Å². The molecule has 0 bridgehead atoms. The topological polar surface area (TPSA) is 79.8 Å². The van der Waals surface area contributed by atoms with E-state index < -0.39 is 5.91 Å². The summed E-state index contributed by atoms with van der Waals surface area (Å²) < 4.78 is 5.55. The number of hydrogen-bond donors (Lipinski definition) is 2. The summed E-state index contributed by atoms with van der Waals surface area (Å²) in [6, 6.07) is 11.8. The minimum Gasteiger partial charge on any atom is -0.494 e. The van der Waals surface area contributed by atoms with E-state index >= 15 is 0 Å². The van der Waals surface area contributed by atoms with Gasteiger partial charge in [-0.2, -0.15) is 5.10 Å². The largest absolute Gasteiger partial charge is 0.494 e. The molecule has 0 fully saturated rings. The number of nitrogens with one attached hydrogen (secondary N) is 2. The Morgan fingerprint density at radius 1 is 1.14 bits per heavy atom. The van der Waals surface area contributed by atoms with Gasteiger partial charge >= 0.3 is 0 Å². The quantitative estimate of drug-likeness (QED) is 0.364. The summed E-state index contributed by atoms with van der Waals surface area (Å²) >= 11 is 11.9. The molecular weight excluding hydrogens is 401 g/mol. The van der Waals surface area contributed by atoms with Crippen LogP contribution in [0.2, 0.25) is 10.0 Å². The van der Waals surface area contributed by atoms with Crippen LogP contribution in [0.1, 0.15) is 35.7 Å². The zero-order valence-electron chi connectivity index (χ0n) is 15.4. The maximum absolute atomic E-state index is 12.1. The lowest BCUT2D eigenvalue weighted by Crippen LogP contribution is -2.34. The minimum atomic E-state index is -0.470. The Balaban J connectivity index is 1.78.